The highest BCUT2D eigenvalue weighted by Crippen LogP contribution is 2.24. The number of carbonyl (C=O) groups is 1. The number of nitrogens with one attached hydrogen (secondary N) is 1. The van der Waals surface area contributed by atoms with Gasteiger partial charge in [-0.15, -0.1) is 11.3 Å². The molecule has 4 rings (SSSR count). The van der Waals surface area contributed by atoms with E-state index in [1.165, 1.54) is 20.5 Å². The van der Waals surface area contributed by atoms with Crippen LogP contribution in [0.2, 0.25) is 0 Å². The fraction of sp³-hybridized carbons (Fsp3) is 0.269. The molecule has 0 atom stereocenters. The van der Waals surface area contributed by atoms with E-state index in [1.54, 1.807) is 11.4 Å². The Morgan fingerprint density at radius 3 is 2.48 bits per heavy atom. The smallest absolute Gasteiger partial charge is 0.324 e. The minimum Gasteiger partial charge on any atom is -0.324 e. The van der Waals surface area contributed by atoms with Gasteiger partial charge < -0.3 is 5.32 Å². The molecule has 0 aliphatic heterocycles. The molecule has 2 aromatic heterocycles. The molecule has 2 heterocycles. The second-order valence-electron chi connectivity index (χ2n) is 8.60. The van der Waals surface area contributed by atoms with Gasteiger partial charge in [0.25, 0.3) is 5.56 Å². The van der Waals surface area contributed by atoms with Gasteiger partial charge in [0.15, 0.2) is 0 Å². The third kappa shape index (κ3) is 4.54. The van der Waals surface area contributed by atoms with Crippen LogP contribution in [0.1, 0.15) is 42.0 Å². The van der Waals surface area contributed by atoms with Crippen molar-refractivity contribution in [2.75, 3.05) is 5.32 Å². The monoisotopic (exact) mass is 461 g/mol. The Hall–Kier alpha value is -3.45. The lowest BCUT2D eigenvalue weighted by atomic mass is 10.0. The standard InChI is InChI=1S/C26H27N3O3S/c1-16(2)20-7-5-6-8-21(20)27-23(30)15-28-22-11-12-33-24(22)25(31)29(26(28)32)14-19-10-9-17(3)18(4)13-19/h5-13,16H,14-15H2,1-4H3,(H,27,30). The number of aryl methyl sites for hydroxylation is 2. The van der Waals surface area contributed by atoms with Crippen molar-refractivity contribution in [2.45, 2.75) is 46.7 Å². The Morgan fingerprint density at radius 2 is 1.76 bits per heavy atom. The predicted octanol–water partition coefficient (Wildman–Crippen LogP) is 4.65. The molecule has 1 N–H and O–H groups in total. The van der Waals surface area contributed by atoms with Crippen molar-refractivity contribution in [3.8, 4) is 0 Å². The van der Waals surface area contributed by atoms with Crippen LogP contribution in [0, 0.1) is 13.8 Å². The average molecular weight is 462 g/mol. The molecule has 0 saturated heterocycles. The summed E-state index contributed by atoms with van der Waals surface area (Å²) < 4.78 is 3.08. The lowest BCUT2D eigenvalue weighted by molar-refractivity contribution is -0.116. The van der Waals surface area contributed by atoms with Gasteiger partial charge in [-0.3, -0.25) is 18.7 Å². The SMILES string of the molecule is Cc1ccc(Cn2c(=O)c3sccc3n(CC(=O)Nc3ccccc3C(C)C)c2=O)cc1C. The molecule has 0 bridgehead atoms. The summed E-state index contributed by atoms with van der Waals surface area (Å²) in [5.41, 5.74) is 4.54. The first-order valence-electron chi connectivity index (χ1n) is 10.9. The number of anilines is 1. The molecule has 7 heteroatoms. The highest BCUT2D eigenvalue weighted by Gasteiger charge is 2.18. The van der Waals surface area contributed by atoms with E-state index in [4.69, 9.17) is 0 Å². The second kappa shape index (κ2) is 9.19. The fourth-order valence-electron chi connectivity index (χ4n) is 3.96. The highest BCUT2D eigenvalue weighted by molar-refractivity contribution is 7.17. The van der Waals surface area contributed by atoms with Crippen molar-refractivity contribution >= 4 is 33.1 Å². The minimum absolute atomic E-state index is 0.157. The lowest BCUT2D eigenvalue weighted by Crippen LogP contribution is -2.41. The van der Waals surface area contributed by atoms with Gasteiger partial charge in [0.05, 0.1) is 12.1 Å². The van der Waals surface area contributed by atoms with E-state index in [9.17, 15) is 14.4 Å². The van der Waals surface area contributed by atoms with Gasteiger partial charge in [-0.1, -0.05) is 50.2 Å². The van der Waals surface area contributed by atoms with Crippen molar-refractivity contribution in [1.82, 2.24) is 9.13 Å². The van der Waals surface area contributed by atoms with Crippen molar-refractivity contribution in [2.24, 2.45) is 0 Å². The van der Waals surface area contributed by atoms with Crippen molar-refractivity contribution < 1.29 is 4.79 Å². The molecule has 0 spiro atoms. The van der Waals surface area contributed by atoms with Crippen LogP contribution in [0.3, 0.4) is 0 Å². The van der Waals surface area contributed by atoms with Crippen LogP contribution in [0.15, 0.2) is 63.5 Å². The molecular weight excluding hydrogens is 434 g/mol. The zero-order chi connectivity index (χ0) is 23.7. The first-order valence-corrected chi connectivity index (χ1v) is 11.8. The maximum Gasteiger partial charge on any atom is 0.332 e. The number of thiophene rings is 1. The molecule has 1 amide bonds. The molecule has 170 valence electrons. The number of hydrogen-bond donors (Lipinski definition) is 1. The molecule has 0 fully saturated rings. The maximum absolute atomic E-state index is 13.4. The van der Waals surface area contributed by atoms with Gasteiger partial charge in [0.2, 0.25) is 5.91 Å². The first-order chi connectivity index (χ1) is 15.8. The number of nitrogens with zero attached hydrogens (tertiary/aromatic N) is 2. The van der Waals surface area contributed by atoms with E-state index in [0.717, 1.165) is 27.9 Å². The van der Waals surface area contributed by atoms with Gasteiger partial charge >= 0.3 is 5.69 Å². The van der Waals surface area contributed by atoms with Gasteiger partial charge in [-0.25, -0.2) is 4.79 Å². The molecule has 6 nitrogen and oxygen atoms in total. The molecule has 0 aliphatic rings. The van der Waals surface area contributed by atoms with Crippen LogP contribution in [-0.4, -0.2) is 15.0 Å². The second-order valence-corrected chi connectivity index (χ2v) is 9.52. The summed E-state index contributed by atoms with van der Waals surface area (Å²) in [6, 6.07) is 15.3. The lowest BCUT2D eigenvalue weighted by Gasteiger charge is -2.15. The number of carbonyl (C=O) groups excluding carboxylic acids is 1. The summed E-state index contributed by atoms with van der Waals surface area (Å²) in [4.78, 5) is 39.4. The number of para-hydroxylation sites is 1. The Morgan fingerprint density at radius 1 is 1.00 bits per heavy atom. The molecule has 0 radical (unpaired) electrons. The van der Waals surface area contributed by atoms with E-state index < -0.39 is 5.69 Å². The van der Waals surface area contributed by atoms with E-state index in [2.05, 4.69) is 19.2 Å². The zero-order valence-corrected chi connectivity index (χ0v) is 20.0. The number of amides is 1. The molecule has 33 heavy (non-hydrogen) atoms. The largest absolute Gasteiger partial charge is 0.332 e. The highest BCUT2D eigenvalue weighted by atomic mass is 32.1. The molecule has 4 aromatic rings. The topological polar surface area (TPSA) is 73.1 Å². The normalized spacial score (nSPS) is 11.3. The third-order valence-corrected chi connectivity index (χ3v) is 6.80. The van der Waals surface area contributed by atoms with Crippen LogP contribution in [0.25, 0.3) is 10.2 Å². The molecule has 0 aliphatic carbocycles. The summed E-state index contributed by atoms with van der Waals surface area (Å²) in [7, 11) is 0. The van der Waals surface area contributed by atoms with Crippen LogP contribution < -0.4 is 16.6 Å². The number of rotatable bonds is 6. The van der Waals surface area contributed by atoms with E-state index in [0.29, 0.717) is 10.2 Å². The number of fused-ring (bicyclic) bond motifs is 1. The van der Waals surface area contributed by atoms with Crippen LogP contribution in [0.4, 0.5) is 5.69 Å². The van der Waals surface area contributed by atoms with E-state index in [1.807, 2.05) is 56.3 Å². The molecule has 0 saturated carbocycles. The number of hydrogen-bond acceptors (Lipinski definition) is 4. The Kier molecular flexibility index (Phi) is 6.33. The van der Waals surface area contributed by atoms with Crippen molar-refractivity contribution in [3.63, 3.8) is 0 Å². The van der Waals surface area contributed by atoms with Crippen molar-refractivity contribution in [1.29, 1.82) is 0 Å². The van der Waals surface area contributed by atoms with E-state index >= 15 is 0 Å². The Balaban J connectivity index is 1.71. The third-order valence-electron chi connectivity index (χ3n) is 5.91. The van der Waals surface area contributed by atoms with Gasteiger partial charge in [0, 0.05) is 5.69 Å². The fourth-order valence-corrected chi connectivity index (χ4v) is 4.80. The summed E-state index contributed by atoms with van der Waals surface area (Å²) >= 11 is 1.28. The Labute approximate surface area is 196 Å². The first kappa shape index (κ1) is 22.7. The maximum atomic E-state index is 13.4. The molecule has 2 aromatic carbocycles. The summed E-state index contributed by atoms with van der Waals surface area (Å²) in [6.07, 6.45) is 0. The minimum atomic E-state index is -0.489. The number of aromatic nitrogens is 2. The summed E-state index contributed by atoms with van der Waals surface area (Å²) in [6.45, 7) is 8.13. The zero-order valence-electron chi connectivity index (χ0n) is 19.2. The Bertz CT molecular complexity index is 1460. The van der Waals surface area contributed by atoms with Crippen LogP contribution in [-0.2, 0) is 17.9 Å². The van der Waals surface area contributed by atoms with Crippen LogP contribution in [0.5, 0.6) is 0 Å². The van der Waals surface area contributed by atoms with Crippen molar-refractivity contribution in [3.05, 3.63) is 97.0 Å². The van der Waals surface area contributed by atoms with Gasteiger partial charge in [0.1, 0.15) is 11.2 Å². The molecular formula is C26H27N3O3S. The summed E-state index contributed by atoms with van der Waals surface area (Å²) in [5.74, 6) is -0.0678. The van der Waals surface area contributed by atoms with Crippen LogP contribution >= 0.6 is 11.3 Å². The van der Waals surface area contributed by atoms with Gasteiger partial charge in [-0.05, 0) is 59.5 Å². The average Bonchev–Trinajstić information content (AvgIpc) is 3.27. The summed E-state index contributed by atoms with van der Waals surface area (Å²) in [5, 5.41) is 4.71. The van der Waals surface area contributed by atoms with E-state index in [-0.39, 0.29) is 30.5 Å². The van der Waals surface area contributed by atoms with Gasteiger partial charge in [-0.2, -0.15) is 0 Å². The molecule has 0 unspecified atom stereocenters. The number of benzene rings is 2. The quantitative estimate of drug-likeness (QED) is 0.454. The predicted molar refractivity (Wildman–Crippen MR) is 135 cm³/mol.